The first kappa shape index (κ1) is 8.74. The van der Waals surface area contributed by atoms with Gasteiger partial charge in [-0.15, -0.1) is 0 Å². The first-order valence-electron chi connectivity index (χ1n) is 3.73. The average Bonchev–Trinajstić information content (AvgIpc) is 1.90. The van der Waals surface area contributed by atoms with E-state index in [4.69, 9.17) is 0 Å². The maximum Gasteiger partial charge on any atom is 0.0754 e. The number of rotatable bonds is 0. The highest BCUT2D eigenvalue weighted by Crippen LogP contribution is 2.21. The zero-order chi connectivity index (χ0) is 7.61. The highest BCUT2D eigenvalue weighted by molar-refractivity contribution is 14.1. The topological polar surface area (TPSA) is 23.5 Å². The fraction of sp³-hybridized carbons (Fsp3) is 1.00. The number of halogens is 1. The molecular weight excluding hydrogens is 241 g/mol. The van der Waals surface area contributed by atoms with Gasteiger partial charge in [-0.05, 0) is 26.2 Å². The van der Waals surface area contributed by atoms with Crippen LogP contribution < -0.4 is 0 Å². The van der Waals surface area contributed by atoms with E-state index in [1.165, 1.54) is 6.42 Å². The van der Waals surface area contributed by atoms with Gasteiger partial charge >= 0.3 is 0 Å². The van der Waals surface area contributed by atoms with Gasteiger partial charge in [0.25, 0.3) is 0 Å². The summed E-state index contributed by atoms with van der Waals surface area (Å²) < 4.78 is 2.17. The quantitative estimate of drug-likeness (QED) is 0.524. The molecule has 1 aliphatic rings. The van der Waals surface area contributed by atoms with E-state index in [9.17, 15) is 5.11 Å². The molecule has 1 heterocycles. The number of aliphatic hydroxyl groups is 1. The van der Waals surface area contributed by atoms with E-state index in [1.54, 1.807) is 0 Å². The van der Waals surface area contributed by atoms with E-state index in [2.05, 4.69) is 26.0 Å². The maximum absolute atomic E-state index is 9.68. The number of hydrogen-bond acceptors (Lipinski definition) is 2. The van der Waals surface area contributed by atoms with Crippen molar-refractivity contribution in [3.63, 3.8) is 0 Å². The van der Waals surface area contributed by atoms with Crippen molar-refractivity contribution < 1.29 is 5.11 Å². The largest absolute Gasteiger partial charge is 0.389 e. The monoisotopic (exact) mass is 255 g/mol. The molecule has 0 aromatic rings. The second-order valence-electron chi connectivity index (χ2n) is 3.30. The third-order valence-electron chi connectivity index (χ3n) is 1.88. The van der Waals surface area contributed by atoms with E-state index >= 15 is 0 Å². The van der Waals surface area contributed by atoms with Crippen LogP contribution in [-0.2, 0) is 0 Å². The molecule has 0 aromatic carbocycles. The highest BCUT2D eigenvalue weighted by atomic mass is 127. The molecule has 0 amide bonds. The zero-order valence-corrected chi connectivity index (χ0v) is 8.47. The highest BCUT2D eigenvalue weighted by Gasteiger charge is 2.24. The van der Waals surface area contributed by atoms with Crippen molar-refractivity contribution in [3.8, 4) is 0 Å². The summed E-state index contributed by atoms with van der Waals surface area (Å²) in [5, 5.41) is 9.68. The second kappa shape index (κ2) is 3.36. The van der Waals surface area contributed by atoms with Crippen LogP contribution in [0.1, 0.15) is 26.2 Å². The van der Waals surface area contributed by atoms with Crippen LogP contribution in [0.4, 0.5) is 0 Å². The molecule has 1 rings (SSSR count). The average molecular weight is 255 g/mol. The van der Waals surface area contributed by atoms with E-state index < -0.39 is 5.60 Å². The Morgan fingerprint density at radius 3 is 2.90 bits per heavy atom. The molecule has 0 radical (unpaired) electrons. The van der Waals surface area contributed by atoms with Crippen molar-refractivity contribution in [3.05, 3.63) is 0 Å². The van der Waals surface area contributed by atoms with E-state index in [1.807, 2.05) is 6.92 Å². The lowest BCUT2D eigenvalue weighted by Crippen LogP contribution is -2.34. The SMILES string of the molecule is CC1(O)CCCCN(I)C1. The smallest absolute Gasteiger partial charge is 0.0754 e. The summed E-state index contributed by atoms with van der Waals surface area (Å²) in [5.41, 5.74) is -0.447. The molecule has 1 aliphatic heterocycles. The minimum Gasteiger partial charge on any atom is -0.389 e. The van der Waals surface area contributed by atoms with Crippen LogP contribution >= 0.6 is 22.9 Å². The Bertz CT molecular complexity index is 116. The van der Waals surface area contributed by atoms with Crippen molar-refractivity contribution >= 4 is 22.9 Å². The molecule has 1 N–H and O–H groups in total. The third-order valence-corrected chi connectivity index (χ3v) is 2.70. The molecule has 0 bridgehead atoms. The van der Waals surface area contributed by atoms with Crippen LogP contribution in [0.15, 0.2) is 0 Å². The number of hydrogen-bond donors (Lipinski definition) is 1. The predicted molar refractivity (Wildman–Crippen MR) is 50.1 cm³/mol. The molecule has 1 fully saturated rings. The summed E-state index contributed by atoms with van der Waals surface area (Å²) >= 11 is 2.28. The van der Waals surface area contributed by atoms with Gasteiger partial charge in [-0.25, -0.2) is 3.11 Å². The first-order chi connectivity index (χ1) is 4.60. The molecule has 0 saturated carbocycles. The van der Waals surface area contributed by atoms with Gasteiger partial charge in [-0.2, -0.15) is 0 Å². The molecule has 0 spiro atoms. The Morgan fingerprint density at radius 2 is 2.20 bits per heavy atom. The van der Waals surface area contributed by atoms with Gasteiger partial charge in [-0.3, -0.25) is 0 Å². The summed E-state index contributed by atoms with van der Waals surface area (Å²) in [5.74, 6) is 0. The minimum atomic E-state index is -0.447. The molecule has 0 aromatic heterocycles. The van der Waals surface area contributed by atoms with Crippen molar-refractivity contribution in [2.45, 2.75) is 31.8 Å². The van der Waals surface area contributed by atoms with Crippen LogP contribution in [0.25, 0.3) is 0 Å². The normalized spacial score (nSPS) is 37.5. The van der Waals surface area contributed by atoms with Gasteiger partial charge in [0.15, 0.2) is 0 Å². The van der Waals surface area contributed by atoms with Crippen molar-refractivity contribution in [2.24, 2.45) is 0 Å². The predicted octanol–water partition coefficient (Wildman–Crippen LogP) is 1.57. The Labute approximate surface area is 76.1 Å². The second-order valence-corrected chi connectivity index (χ2v) is 4.66. The minimum absolute atomic E-state index is 0.447. The van der Waals surface area contributed by atoms with E-state index in [0.717, 1.165) is 25.9 Å². The zero-order valence-electron chi connectivity index (χ0n) is 6.31. The maximum atomic E-state index is 9.68. The molecular formula is C7H14INO. The van der Waals surface area contributed by atoms with Crippen LogP contribution in [0, 0.1) is 0 Å². The van der Waals surface area contributed by atoms with Gasteiger partial charge in [0, 0.05) is 36.0 Å². The van der Waals surface area contributed by atoms with Crippen molar-refractivity contribution in [2.75, 3.05) is 13.1 Å². The van der Waals surface area contributed by atoms with Crippen molar-refractivity contribution in [1.29, 1.82) is 0 Å². The lowest BCUT2D eigenvalue weighted by molar-refractivity contribution is 0.0454. The Kier molecular flexibility index (Phi) is 2.94. The molecule has 3 heteroatoms. The third kappa shape index (κ3) is 2.72. The van der Waals surface area contributed by atoms with E-state index in [-0.39, 0.29) is 0 Å². The van der Waals surface area contributed by atoms with Crippen LogP contribution in [0.5, 0.6) is 0 Å². The van der Waals surface area contributed by atoms with Gasteiger partial charge in [0.2, 0.25) is 0 Å². The fourth-order valence-corrected chi connectivity index (χ4v) is 2.39. The molecule has 0 aliphatic carbocycles. The van der Waals surface area contributed by atoms with Crippen molar-refractivity contribution in [1.82, 2.24) is 3.11 Å². The fourth-order valence-electron chi connectivity index (χ4n) is 1.32. The lowest BCUT2D eigenvalue weighted by atomic mass is 10.0. The standard InChI is InChI=1S/C7H14INO/c1-7(10)4-2-3-5-9(8)6-7/h10H,2-6H2,1H3. The van der Waals surface area contributed by atoms with Crippen LogP contribution in [-0.4, -0.2) is 26.9 Å². The van der Waals surface area contributed by atoms with Gasteiger partial charge in [0.1, 0.15) is 0 Å². The van der Waals surface area contributed by atoms with Crippen LogP contribution in [0.2, 0.25) is 0 Å². The molecule has 10 heavy (non-hydrogen) atoms. The summed E-state index contributed by atoms with van der Waals surface area (Å²) in [7, 11) is 0. The molecule has 2 nitrogen and oxygen atoms in total. The molecule has 1 atom stereocenters. The Morgan fingerprint density at radius 1 is 1.50 bits per heavy atom. The molecule has 1 saturated heterocycles. The summed E-state index contributed by atoms with van der Waals surface area (Å²) in [4.78, 5) is 0. The first-order valence-corrected chi connectivity index (χ1v) is 4.70. The van der Waals surface area contributed by atoms with Gasteiger partial charge in [-0.1, -0.05) is 0 Å². The molecule has 60 valence electrons. The summed E-state index contributed by atoms with van der Waals surface area (Å²) in [6.07, 6.45) is 3.33. The van der Waals surface area contributed by atoms with Gasteiger partial charge < -0.3 is 5.11 Å². The Hall–Kier alpha value is 0.650. The summed E-state index contributed by atoms with van der Waals surface area (Å²) in [6.45, 7) is 3.86. The number of β-amino-alcohol motifs (C(OH)–C–C–N with tert-alkyl or cyclic N) is 1. The number of nitrogens with zero attached hydrogens (tertiary/aromatic N) is 1. The lowest BCUT2D eigenvalue weighted by Gasteiger charge is -2.23. The van der Waals surface area contributed by atoms with E-state index in [0.29, 0.717) is 0 Å². The molecule has 1 unspecified atom stereocenters. The summed E-state index contributed by atoms with van der Waals surface area (Å²) in [6, 6.07) is 0. The van der Waals surface area contributed by atoms with Gasteiger partial charge in [0.05, 0.1) is 5.60 Å². The van der Waals surface area contributed by atoms with Crippen LogP contribution in [0.3, 0.4) is 0 Å². The Balaban J connectivity index is 2.46.